The lowest BCUT2D eigenvalue weighted by Crippen LogP contribution is -2.53. The van der Waals surface area contributed by atoms with Gasteiger partial charge in [0.05, 0.1) is 11.4 Å². The van der Waals surface area contributed by atoms with Crippen molar-refractivity contribution in [3.05, 3.63) is 35.5 Å². The molecule has 1 amide bonds. The Bertz CT molecular complexity index is 801. The maximum absolute atomic E-state index is 12.9. The third kappa shape index (κ3) is 3.47. The van der Waals surface area contributed by atoms with E-state index in [0.717, 1.165) is 23.9 Å². The standard InChI is InChI=1S/C20H27N3O2/c1-5-19(24)22-11-16(12-22)20(25)23-13-15(8-9-21(3)4)17-10-14(2)6-7-18(17)23/h6-7,10,13,16H,5,8-9,11-12H2,1-4H3. The largest absolute Gasteiger partial charge is 0.341 e. The van der Waals surface area contributed by atoms with Crippen molar-refractivity contribution in [2.75, 3.05) is 33.7 Å². The Morgan fingerprint density at radius 1 is 1.24 bits per heavy atom. The van der Waals surface area contributed by atoms with E-state index in [1.807, 2.05) is 19.2 Å². The zero-order valence-corrected chi connectivity index (χ0v) is 15.6. The molecule has 134 valence electrons. The first-order valence-electron chi connectivity index (χ1n) is 8.98. The summed E-state index contributed by atoms with van der Waals surface area (Å²) < 4.78 is 1.80. The number of hydrogen-bond acceptors (Lipinski definition) is 3. The van der Waals surface area contributed by atoms with E-state index >= 15 is 0 Å². The molecule has 25 heavy (non-hydrogen) atoms. The van der Waals surface area contributed by atoms with Crippen LogP contribution in [-0.4, -0.2) is 59.9 Å². The normalized spacial score (nSPS) is 15.0. The van der Waals surface area contributed by atoms with Gasteiger partial charge in [0, 0.05) is 37.6 Å². The number of carbonyl (C=O) groups excluding carboxylic acids is 2. The first-order valence-corrected chi connectivity index (χ1v) is 8.98. The number of nitrogens with zero attached hydrogens (tertiary/aromatic N) is 3. The number of aromatic nitrogens is 1. The van der Waals surface area contributed by atoms with Crippen LogP contribution in [0.25, 0.3) is 10.9 Å². The van der Waals surface area contributed by atoms with Gasteiger partial charge in [0.2, 0.25) is 11.8 Å². The number of hydrogen-bond donors (Lipinski definition) is 0. The van der Waals surface area contributed by atoms with Crippen LogP contribution in [0.4, 0.5) is 0 Å². The molecule has 0 radical (unpaired) electrons. The molecule has 0 unspecified atom stereocenters. The fraction of sp³-hybridized carbons (Fsp3) is 0.500. The minimum absolute atomic E-state index is 0.0888. The van der Waals surface area contributed by atoms with Gasteiger partial charge in [0.15, 0.2) is 0 Å². The summed E-state index contributed by atoms with van der Waals surface area (Å²) in [6, 6.07) is 6.25. The molecule has 0 aliphatic carbocycles. The van der Waals surface area contributed by atoms with Crippen molar-refractivity contribution < 1.29 is 9.59 Å². The summed E-state index contributed by atoms with van der Waals surface area (Å²) in [7, 11) is 4.12. The average molecular weight is 341 g/mol. The lowest BCUT2D eigenvalue weighted by Gasteiger charge is -2.38. The Balaban J connectivity index is 1.86. The van der Waals surface area contributed by atoms with Gasteiger partial charge >= 0.3 is 0 Å². The minimum Gasteiger partial charge on any atom is -0.341 e. The molecule has 0 N–H and O–H groups in total. The van der Waals surface area contributed by atoms with E-state index in [-0.39, 0.29) is 17.7 Å². The van der Waals surface area contributed by atoms with Crippen molar-refractivity contribution >= 4 is 22.7 Å². The zero-order chi connectivity index (χ0) is 18.1. The predicted molar refractivity (Wildman–Crippen MR) is 99.9 cm³/mol. The Kier molecular flexibility index (Phi) is 4.95. The summed E-state index contributed by atoms with van der Waals surface area (Å²) in [6.07, 6.45) is 3.42. The van der Waals surface area contributed by atoms with Crippen molar-refractivity contribution in [1.29, 1.82) is 0 Å². The minimum atomic E-state index is -0.0888. The molecule has 1 fully saturated rings. The van der Waals surface area contributed by atoms with Gasteiger partial charge in [-0.3, -0.25) is 14.2 Å². The molecule has 2 aromatic rings. The number of amides is 1. The monoisotopic (exact) mass is 341 g/mol. The van der Waals surface area contributed by atoms with Crippen LogP contribution in [0.2, 0.25) is 0 Å². The molecule has 1 aromatic heterocycles. The molecule has 0 spiro atoms. The van der Waals surface area contributed by atoms with Gasteiger partial charge < -0.3 is 9.80 Å². The fourth-order valence-electron chi connectivity index (χ4n) is 3.40. The highest BCUT2D eigenvalue weighted by Crippen LogP contribution is 2.27. The number of aryl methyl sites for hydroxylation is 1. The molecule has 1 saturated heterocycles. The maximum Gasteiger partial charge on any atom is 0.237 e. The van der Waals surface area contributed by atoms with Crippen LogP contribution in [0.1, 0.15) is 29.3 Å². The maximum atomic E-state index is 12.9. The third-order valence-corrected chi connectivity index (χ3v) is 4.99. The molecule has 1 aliphatic rings. The molecule has 1 aliphatic heterocycles. The quantitative estimate of drug-likeness (QED) is 0.840. The van der Waals surface area contributed by atoms with Crippen molar-refractivity contribution in [1.82, 2.24) is 14.4 Å². The van der Waals surface area contributed by atoms with Gasteiger partial charge in [0.1, 0.15) is 0 Å². The Morgan fingerprint density at radius 3 is 2.60 bits per heavy atom. The molecule has 2 heterocycles. The Morgan fingerprint density at radius 2 is 1.96 bits per heavy atom. The van der Waals surface area contributed by atoms with Gasteiger partial charge in [-0.05, 0) is 45.1 Å². The van der Waals surface area contributed by atoms with Gasteiger partial charge in [0.25, 0.3) is 0 Å². The number of rotatable bonds is 5. The molecular weight excluding hydrogens is 314 g/mol. The Hall–Kier alpha value is -2.14. The van der Waals surface area contributed by atoms with E-state index in [1.54, 1.807) is 9.47 Å². The van der Waals surface area contributed by atoms with Crippen LogP contribution >= 0.6 is 0 Å². The SMILES string of the molecule is CCC(=O)N1CC(C(=O)n2cc(CCN(C)C)c3cc(C)ccc32)C1. The van der Waals surface area contributed by atoms with Crippen molar-refractivity contribution in [3.8, 4) is 0 Å². The summed E-state index contributed by atoms with van der Waals surface area (Å²) in [6.45, 7) is 5.97. The first-order chi connectivity index (χ1) is 11.9. The zero-order valence-electron chi connectivity index (χ0n) is 15.6. The van der Waals surface area contributed by atoms with Crippen molar-refractivity contribution in [3.63, 3.8) is 0 Å². The highest BCUT2D eigenvalue weighted by Gasteiger charge is 2.36. The Labute approximate surface area is 149 Å². The number of likely N-dealkylation sites (tertiary alicyclic amines) is 1. The van der Waals surface area contributed by atoms with Gasteiger partial charge in [-0.25, -0.2) is 0 Å². The van der Waals surface area contributed by atoms with E-state index in [0.29, 0.717) is 19.5 Å². The summed E-state index contributed by atoms with van der Waals surface area (Å²) in [5.74, 6) is 0.142. The smallest absolute Gasteiger partial charge is 0.237 e. The highest BCUT2D eigenvalue weighted by molar-refractivity contribution is 5.96. The number of benzene rings is 1. The van der Waals surface area contributed by atoms with Gasteiger partial charge in [-0.2, -0.15) is 0 Å². The summed E-state index contributed by atoms with van der Waals surface area (Å²) in [5, 5.41) is 1.16. The summed E-state index contributed by atoms with van der Waals surface area (Å²) in [4.78, 5) is 28.6. The second-order valence-electron chi connectivity index (χ2n) is 7.29. The molecule has 1 aromatic carbocycles. The van der Waals surface area contributed by atoms with E-state index < -0.39 is 0 Å². The predicted octanol–water partition coefficient (Wildman–Crippen LogP) is 2.56. The molecule has 0 bridgehead atoms. The molecule has 5 nitrogen and oxygen atoms in total. The average Bonchev–Trinajstić information content (AvgIpc) is 2.89. The van der Waals surface area contributed by atoms with Crippen LogP contribution in [0.15, 0.2) is 24.4 Å². The van der Waals surface area contributed by atoms with Crippen molar-refractivity contribution in [2.24, 2.45) is 5.92 Å². The van der Waals surface area contributed by atoms with Crippen LogP contribution in [0.3, 0.4) is 0 Å². The topological polar surface area (TPSA) is 45.6 Å². The number of fused-ring (bicyclic) bond motifs is 1. The van der Waals surface area contributed by atoms with Crippen LogP contribution < -0.4 is 0 Å². The summed E-state index contributed by atoms with van der Waals surface area (Å²) in [5.41, 5.74) is 3.39. The highest BCUT2D eigenvalue weighted by atomic mass is 16.2. The molecular formula is C20H27N3O2. The van der Waals surface area contributed by atoms with E-state index in [4.69, 9.17) is 0 Å². The van der Waals surface area contributed by atoms with Crippen LogP contribution in [0, 0.1) is 12.8 Å². The van der Waals surface area contributed by atoms with Gasteiger partial charge in [-0.15, -0.1) is 0 Å². The van der Waals surface area contributed by atoms with E-state index in [2.05, 4.69) is 38.1 Å². The second-order valence-corrected chi connectivity index (χ2v) is 7.29. The van der Waals surface area contributed by atoms with Crippen molar-refractivity contribution in [2.45, 2.75) is 26.7 Å². The second kappa shape index (κ2) is 7.00. The van der Waals surface area contributed by atoms with Crippen LogP contribution in [-0.2, 0) is 11.2 Å². The van der Waals surface area contributed by atoms with Crippen LogP contribution in [0.5, 0.6) is 0 Å². The molecule has 0 atom stereocenters. The lowest BCUT2D eigenvalue weighted by molar-refractivity contribution is -0.136. The van der Waals surface area contributed by atoms with E-state index in [1.165, 1.54) is 11.1 Å². The first kappa shape index (κ1) is 17.7. The summed E-state index contributed by atoms with van der Waals surface area (Å²) >= 11 is 0. The molecule has 3 rings (SSSR count). The molecule has 0 saturated carbocycles. The number of carbonyl (C=O) groups is 2. The fourth-order valence-corrected chi connectivity index (χ4v) is 3.40. The van der Waals surface area contributed by atoms with Gasteiger partial charge in [-0.1, -0.05) is 18.6 Å². The van der Waals surface area contributed by atoms with E-state index in [9.17, 15) is 9.59 Å². The number of likely N-dealkylation sites (N-methyl/N-ethyl adjacent to an activating group) is 1. The third-order valence-electron chi connectivity index (χ3n) is 4.99. The molecule has 5 heteroatoms. The lowest BCUT2D eigenvalue weighted by atomic mass is 9.98.